The van der Waals surface area contributed by atoms with E-state index < -0.39 is 10.0 Å². The van der Waals surface area contributed by atoms with Gasteiger partial charge in [-0.25, -0.2) is 13.1 Å². The minimum absolute atomic E-state index is 0.143. The molecule has 0 bridgehead atoms. The van der Waals surface area contributed by atoms with Gasteiger partial charge in [0, 0.05) is 13.1 Å². The molecule has 1 aromatic rings. The van der Waals surface area contributed by atoms with E-state index in [1.54, 1.807) is 12.1 Å². The summed E-state index contributed by atoms with van der Waals surface area (Å²) < 4.78 is 27.2. The van der Waals surface area contributed by atoms with E-state index in [1.165, 1.54) is 0 Å². The molecule has 0 aliphatic heterocycles. The van der Waals surface area contributed by atoms with Crippen LogP contribution >= 0.6 is 11.6 Å². The van der Waals surface area contributed by atoms with Crippen LogP contribution in [-0.4, -0.2) is 47.0 Å². The predicted molar refractivity (Wildman–Crippen MR) is 87.2 cm³/mol. The highest BCUT2D eigenvalue weighted by atomic mass is 35.5. The van der Waals surface area contributed by atoms with Crippen molar-refractivity contribution in [3.05, 3.63) is 28.8 Å². The average molecular weight is 334 g/mol. The molecule has 21 heavy (non-hydrogen) atoms. The van der Waals surface area contributed by atoms with Crippen LogP contribution in [0.25, 0.3) is 0 Å². The number of hydrogen-bond donors (Lipinski definition) is 2. The molecule has 120 valence electrons. The van der Waals surface area contributed by atoms with E-state index in [2.05, 4.69) is 10.0 Å². The van der Waals surface area contributed by atoms with Crippen LogP contribution in [0.2, 0.25) is 5.02 Å². The molecule has 7 heteroatoms. The van der Waals surface area contributed by atoms with Crippen molar-refractivity contribution >= 4 is 21.6 Å². The van der Waals surface area contributed by atoms with Gasteiger partial charge in [-0.05, 0) is 51.3 Å². The van der Waals surface area contributed by atoms with Crippen LogP contribution in [-0.2, 0) is 16.6 Å². The third kappa shape index (κ3) is 6.32. The Bertz CT molecular complexity index is 547. The molecule has 0 saturated heterocycles. The van der Waals surface area contributed by atoms with Gasteiger partial charge in [0.25, 0.3) is 0 Å². The Morgan fingerprint density at radius 2 is 2.00 bits per heavy atom. The lowest BCUT2D eigenvalue weighted by Crippen LogP contribution is -2.27. The SMILES string of the molecule is CCNCc1ccc(Cl)c(S(=O)(=O)NCCCN(C)C)c1. The van der Waals surface area contributed by atoms with Gasteiger partial charge in [0.2, 0.25) is 10.0 Å². The van der Waals surface area contributed by atoms with Crippen molar-refractivity contribution in [2.45, 2.75) is 24.8 Å². The largest absolute Gasteiger partial charge is 0.313 e. The smallest absolute Gasteiger partial charge is 0.242 e. The Labute approximate surface area is 132 Å². The Morgan fingerprint density at radius 1 is 1.29 bits per heavy atom. The maximum absolute atomic E-state index is 12.3. The molecule has 0 spiro atoms. The summed E-state index contributed by atoms with van der Waals surface area (Å²) >= 11 is 6.03. The van der Waals surface area contributed by atoms with Crippen LogP contribution in [0.3, 0.4) is 0 Å². The molecule has 0 fully saturated rings. The van der Waals surface area contributed by atoms with Crippen molar-refractivity contribution < 1.29 is 8.42 Å². The Kier molecular flexibility index (Phi) is 7.62. The van der Waals surface area contributed by atoms with Gasteiger partial charge in [-0.3, -0.25) is 0 Å². The summed E-state index contributed by atoms with van der Waals surface area (Å²) in [6.45, 7) is 4.68. The monoisotopic (exact) mass is 333 g/mol. The second kappa shape index (κ2) is 8.70. The average Bonchev–Trinajstić information content (AvgIpc) is 2.42. The van der Waals surface area contributed by atoms with Gasteiger partial charge in [-0.2, -0.15) is 0 Å². The molecule has 0 unspecified atom stereocenters. The lowest BCUT2D eigenvalue weighted by atomic mass is 10.2. The van der Waals surface area contributed by atoms with Gasteiger partial charge < -0.3 is 10.2 Å². The molecule has 1 rings (SSSR count). The second-order valence-electron chi connectivity index (χ2n) is 5.10. The van der Waals surface area contributed by atoms with Crippen LogP contribution in [0, 0.1) is 0 Å². The van der Waals surface area contributed by atoms with Crippen LogP contribution in [0.15, 0.2) is 23.1 Å². The van der Waals surface area contributed by atoms with E-state index in [1.807, 2.05) is 32.0 Å². The van der Waals surface area contributed by atoms with Crippen LogP contribution in [0.4, 0.5) is 0 Å². The molecule has 0 radical (unpaired) electrons. The fourth-order valence-corrected chi connectivity index (χ4v) is 3.43. The van der Waals surface area contributed by atoms with Gasteiger partial charge in [-0.15, -0.1) is 0 Å². The molecule has 0 amide bonds. The maximum atomic E-state index is 12.3. The molecule has 1 aromatic carbocycles. The first kappa shape index (κ1) is 18.4. The highest BCUT2D eigenvalue weighted by molar-refractivity contribution is 7.89. The number of hydrogen-bond acceptors (Lipinski definition) is 4. The summed E-state index contributed by atoms with van der Waals surface area (Å²) in [5, 5.41) is 3.41. The van der Waals surface area contributed by atoms with E-state index in [4.69, 9.17) is 11.6 Å². The van der Waals surface area contributed by atoms with Gasteiger partial charge in [0.05, 0.1) is 5.02 Å². The van der Waals surface area contributed by atoms with E-state index >= 15 is 0 Å². The van der Waals surface area contributed by atoms with Gasteiger partial charge in [0.1, 0.15) is 4.90 Å². The first-order valence-electron chi connectivity index (χ1n) is 7.00. The molecule has 2 N–H and O–H groups in total. The van der Waals surface area contributed by atoms with E-state index in [0.29, 0.717) is 13.1 Å². The number of sulfonamides is 1. The van der Waals surface area contributed by atoms with Gasteiger partial charge >= 0.3 is 0 Å². The summed E-state index contributed by atoms with van der Waals surface area (Å²) in [6.07, 6.45) is 0.751. The van der Waals surface area contributed by atoms with Crippen LogP contribution < -0.4 is 10.0 Å². The third-order valence-corrected chi connectivity index (χ3v) is 4.88. The second-order valence-corrected chi connectivity index (χ2v) is 7.24. The van der Waals surface area contributed by atoms with Crippen molar-refractivity contribution in [1.82, 2.24) is 14.9 Å². The van der Waals surface area contributed by atoms with Gasteiger partial charge in [0.15, 0.2) is 0 Å². The fourth-order valence-electron chi connectivity index (χ4n) is 1.81. The topological polar surface area (TPSA) is 61.4 Å². The summed E-state index contributed by atoms with van der Waals surface area (Å²) in [7, 11) is 0.343. The molecule has 0 heterocycles. The normalized spacial score (nSPS) is 12.0. The maximum Gasteiger partial charge on any atom is 0.242 e. The Hall–Kier alpha value is -0.660. The first-order chi connectivity index (χ1) is 9.86. The van der Waals surface area contributed by atoms with Crippen molar-refractivity contribution in [2.75, 3.05) is 33.7 Å². The quantitative estimate of drug-likeness (QED) is 0.675. The minimum Gasteiger partial charge on any atom is -0.313 e. The van der Waals surface area contributed by atoms with Crippen LogP contribution in [0.5, 0.6) is 0 Å². The zero-order valence-electron chi connectivity index (χ0n) is 12.8. The lowest BCUT2D eigenvalue weighted by molar-refractivity contribution is 0.400. The third-order valence-electron chi connectivity index (χ3n) is 2.94. The highest BCUT2D eigenvalue weighted by Crippen LogP contribution is 2.22. The van der Waals surface area contributed by atoms with Crippen molar-refractivity contribution in [2.24, 2.45) is 0 Å². The van der Waals surface area contributed by atoms with Crippen molar-refractivity contribution in [3.63, 3.8) is 0 Å². The number of benzene rings is 1. The highest BCUT2D eigenvalue weighted by Gasteiger charge is 2.17. The zero-order chi connectivity index (χ0) is 15.9. The predicted octanol–water partition coefficient (Wildman–Crippen LogP) is 1.68. The number of halogens is 1. The molecule has 0 saturated carbocycles. The fraction of sp³-hybridized carbons (Fsp3) is 0.571. The van der Waals surface area contributed by atoms with Gasteiger partial charge in [-0.1, -0.05) is 24.6 Å². The summed E-state index contributed by atoms with van der Waals surface area (Å²) in [5.41, 5.74) is 0.898. The van der Waals surface area contributed by atoms with Crippen LogP contribution in [0.1, 0.15) is 18.9 Å². The molecule has 5 nitrogen and oxygen atoms in total. The van der Waals surface area contributed by atoms with E-state index in [0.717, 1.165) is 25.1 Å². The molecule has 0 aliphatic rings. The molecular weight excluding hydrogens is 310 g/mol. The lowest BCUT2D eigenvalue weighted by Gasteiger charge is -2.12. The summed E-state index contributed by atoms with van der Waals surface area (Å²) in [5.74, 6) is 0. The summed E-state index contributed by atoms with van der Waals surface area (Å²) in [6, 6.07) is 5.08. The zero-order valence-corrected chi connectivity index (χ0v) is 14.4. The standard InChI is InChI=1S/C14H24ClN3O2S/c1-4-16-11-12-6-7-13(15)14(10-12)21(19,20)17-8-5-9-18(2)3/h6-7,10,16-17H,4-5,8-9,11H2,1-3H3. The Balaban J connectivity index is 2.76. The minimum atomic E-state index is -3.56. The number of nitrogens with one attached hydrogen (secondary N) is 2. The molecule has 0 aromatic heterocycles. The summed E-state index contributed by atoms with van der Waals surface area (Å²) in [4.78, 5) is 2.16. The molecule has 0 atom stereocenters. The number of nitrogens with zero attached hydrogens (tertiary/aromatic N) is 1. The van der Waals surface area contributed by atoms with E-state index in [-0.39, 0.29) is 9.92 Å². The molecular formula is C14H24ClN3O2S. The van der Waals surface area contributed by atoms with Crippen molar-refractivity contribution in [1.29, 1.82) is 0 Å². The first-order valence-corrected chi connectivity index (χ1v) is 8.86. The number of rotatable bonds is 9. The Morgan fingerprint density at radius 3 is 2.62 bits per heavy atom. The van der Waals surface area contributed by atoms with E-state index in [9.17, 15) is 8.42 Å². The van der Waals surface area contributed by atoms with Crippen molar-refractivity contribution in [3.8, 4) is 0 Å². The molecule has 0 aliphatic carbocycles.